The number of hydrogen-bond donors (Lipinski definition) is 1. The number of hydrogen-bond acceptors (Lipinski definition) is 8. The van der Waals surface area contributed by atoms with Gasteiger partial charge in [0, 0.05) is 29.8 Å². The van der Waals surface area contributed by atoms with Crippen LogP contribution < -0.4 is 10.5 Å². The van der Waals surface area contributed by atoms with Gasteiger partial charge in [0.15, 0.2) is 14.9 Å². The molecule has 1 aromatic carbocycles. The van der Waals surface area contributed by atoms with Crippen molar-refractivity contribution in [2.75, 3.05) is 12.0 Å². The summed E-state index contributed by atoms with van der Waals surface area (Å²) in [4.78, 5) is 16.6. The van der Waals surface area contributed by atoms with Crippen molar-refractivity contribution in [1.82, 2.24) is 24.5 Å². The average Bonchev–Trinajstić information content (AvgIpc) is 3.28. The second-order valence-electron chi connectivity index (χ2n) is 8.90. The topological polar surface area (TPSA) is 126 Å². The highest BCUT2D eigenvalue weighted by molar-refractivity contribution is 7.90. The van der Waals surface area contributed by atoms with Crippen molar-refractivity contribution in [2.45, 2.75) is 44.9 Å². The van der Waals surface area contributed by atoms with Crippen LogP contribution in [0.5, 0.6) is 5.88 Å². The van der Waals surface area contributed by atoms with E-state index in [-0.39, 0.29) is 46.3 Å². The minimum Gasteiger partial charge on any atom is -0.469 e. The van der Waals surface area contributed by atoms with Crippen LogP contribution in [-0.4, -0.2) is 39.2 Å². The van der Waals surface area contributed by atoms with Gasteiger partial charge in [0.1, 0.15) is 23.9 Å². The Morgan fingerprint density at radius 2 is 1.71 bits per heavy atom. The number of sulfone groups is 1. The zero-order valence-corrected chi connectivity index (χ0v) is 21.8. The van der Waals surface area contributed by atoms with E-state index < -0.39 is 27.8 Å². The number of nitrogens with two attached hydrogens (primary N) is 1. The van der Waals surface area contributed by atoms with Crippen LogP contribution in [0, 0.1) is 12.7 Å². The zero-order valence-electron chi connectivity index (χ0n) is 21.0. The molecule has 0 saturated heterocycles. The lowest BCUT2D eigenvalue weighted by atomic mass is 9.99. The molecule has 2 N–H and O–H groups in total. The van der Waals surface area contributed by atoms with Gasteiger partial charge in [-0.25, -0.2) is 31.6 Å². The molecule has 4 aromatic rings. The van der Waals surface area contributed by atoms with Crippen LogP contribution in [0.25, 0.3) is 22.4 Å². The summed E-state index contributed by atoms with van der Waals surface area (Å²) in [6, 6.07) is 8.02. The van der Waals surface area contributed by atoms with Gasteiger partial charge in [-0.3, -0.25) is 4.98 Å². The van der Waals surface area contributed by atoms with E-state index in [2.05, 4.69) is 19.9 Å². The maximum absolute atomic E-state index is 13.7. The maximum Gasteiger partial charge on any atom is 0.280 e. The quantitative estimate of drug-likeness (QED) is 0.330. The summed E-state index contributed by atoms with van der Waals surface area (Å²) in [5, 5.41) is -0.120. The third-order valence-electron chi connectivity index (χ3n) is 5.56. The van der Waals surface area contributed by atoms with Crippen LogP contribution in [0.4, 0.5) is 19.1 Å². The summed E-state index contributed by atoms with van der Waals surface area (Å²) in [6.07, 6.45) is -0.372. The molecule has 0 saturated carbocycles. The van der Waals surface area contributed by atoms with Gasteiger partial charge in [-0.2, -0.15) is 4.98 Å². The number of alkyl halides is 2. The number of aryl methyl sites for hydroxylation is 1. The number of rotatable bonds is 8. The highest BCUT2D eigenvalue weighted by Crippen LogP contribution is 2.39. The fourth-order valence-corrected chi connectivity index (χ4v) is 4.44. The third-order valence-corrected chi connectivity index (χ3v) is 6.51. The largest absolute Gasteiger partial charge is 0.469 e. The fourth-order valence-electron chi connectivity index (χ4n) is 3.86. The number of halogens is 3. The highest BCUT2D eigenvalue weighted by Gasteiger charge is 2.23. The first-order valence-corrected chi connectivity index (χ1v) is 13.3. The molecule has 3 heterocycles. The van der Waals surface area contributed by atoms with Crippen LogP contribution in [0.1, 0.15) is 43.5 Å². The second-order valence-corrected chi connectivity index (χ2v) is 10.9. The Morgan fingerprint density at radius 1 is 1.03 bits per heavy atom. The summed E-state index contributed by atoms with van der Waals surface area (Å²) in [5.74, 6) is -0.407. The Morgan fingerprint density at radius 3 is 2.32 bits per heavy atom. The number of aromatic nitrogens is 5. The van der Waals surface area contributed by atoms with Gasteiger partial charge < -0.3 is 15.0 Å². The minimum absolute atomic E-state index is 0.0538. The van der Waals surface area contributed by atoms with E-state index in [9.17, 15) is 21.6 Å². The van der Waals surface area contributed by atoms with E-state index in [1.54, 1.807) is 17.6 Å². The Bertz CT molecular complexity index is 1590. The Kier molecular flexibility index (Phi) is 7.40. The molecule has 0 radical (unpaired) electrons. The molecule has 9 nitrogen and oxygen atoms in total. The summed E-state index contributed by atoms with van der Waals surface area (Å²) in [7, 11) is -3.58. The van der Waals surface area contributed by atoms with E-state index in [4.69, 9.17) is 10.5 Å². The molecule has 0 amide bonds. The van der Waals surface area contributed by atoms with Crippen LogP contribution in [0.3, 0.4) is 0 Å². The van der Waals surface area contributed by atoms with Crippen LogP contribution >= 0.6 is 0 Å². The standard InChI is InChI=1S/C25H25F3N6O3S/c1-13(2)34-11-20(38(4,35)36)31-19(34)12-37-24-21(16-9-14(3)30-18(10-16)23(27)28)22(32-25(29)33-24)15-5-7-17(26)8-6-15/h5-11,13,23H,12H2,1-4H3,(H2,29,32,33). The predicted octanol–water partition coefficient (Wildman–Crippen LogP) is 4.93. The predicted molar refractivity (Wildman–Crippen MR) is 135 cm³/mol. The lowest BCUT2D eigenvalue weighted by Crippen LogP contribution is -2.11. The normalized spacial score (nSPS) is 11.9. The Labute approximate surface area is 217 Å². The fraction of sp³-hybridized carbons (Fsp3) is 0.280. The number of nitrogens with zero attached hydrogens (tertiary/aromatic N) is 5. The minimum atomic E-state index is -3.58. The second kappa shape index (κ2) is 10.4. The number of pyridine rings is 1. The van der Waals surface area contributed by atoms with Gasteiger partial charge in [-0.05, 0) is 62.7 Å². The van der Waals surface area contributed by atoms with Gasteiger partial charge in [-0.1, -0.05) is 0 Å². The molecule has 38 heavy (non-hydrogen) atoms. The van der Waals surface area contributed by atoms with Crippen LogP contribution in [0.2, 0.25) is 0 Å². The van der Waals surface area contributed by atoms with Crippen molar-refractivity contribution in [3.8, 4) is 28.3 Å². The Balaban J connectivity index is 1.89. The molecule has 0 bridgehead atoms. The molecule has 0 aliphatic heterocycles. The molecule has 200 valence electrons. The first-order valence-electron chi connectivity index (χ1n) is 11.4. The number of nitrogen functional groups attached to an aromatic ring is 1. The molecule has 3 aromatic heterocycles. The molecule has 0 aliphatic rings. The van der Waals surface area contributed by atoms with E-state index in [0.29, 0.717) is 17.1 Å². The van der Waals surface area contributed by atoms with Crippen LogP contribution in [-0.2, 0) is 16.4 Å². The van der Waals surface area contributed by atoms with Crippen molar-refractivity contribution >= 4 is 15.8 Å². The molecule has 0 fully saturated rings. The molecular weight excluding hydrogens is 521 g/mol. The van der Waals surface area contributed by atoms with E-state index in [1.165, 1.54) is 36.5 Å². The van der Waals surface area contributed by atoms with Crippen LogP contribution in [0.15, 0.2) is 47.6 Å². The van der Waals surface area contributed by atoms with Gasteiger partial charge in [-0.15, -0.1) is 0 Å². The molecule has 13 heteroatoms. The SMILES string of the molecule is Cc1cc(-c2c(OCc3nc(S(C)(=O)=O)cn3C(C)C)nc(N)nc2-c2ccc(F)cc2)cc(C(F)F)n1. The molecule has 0 aliphatic carbocycles. The first-order chi connectivity index (χ1) is 17.8. The zero-order chi connectivity index (χ0) is 27.8. The van der Waals surface area contributed by atoms with Crippen molar-refractivity contribution in [3.63, 3.8) is 0 Å². The van der Waals surface area contributed by atoms with Crippen molar-refractivity contribution in [2.24, 2.45) is 0 Å². The molecular formula is C25H25F3N6O3S. The monoisotopic (exact) mass is 546 g/mol. The Hall–Kier alpha value is -4.00. The van der Waals surface area contributed by atoms with E-state index in [1.807, 2.05) is 13.8 Å². The van der Waals surface area contributed by atoms with E-state index >= 15 is 0 Å². The van der Waals surface area contributed by atoms with Crippen molar-refractivity contribution in [3.05, 3.63) is 65.6 Å². The lowest BCUT2D eigenvalue weighted by molar-refractivity contribution is 0.146. The summed E-state index contributed by atoms with van der Waals surface area (Å²) < 4.78 is 72.7. The number of ether oxygens (including phenoxy) is 1. The summed E-state index contributed by atoms with van der Waals surface area (Å²) in [5.41, 5.74) is 7.02. The number of benzene rings is 1. The molecule has 4 rings (SSSR count). The smallest absolute Gasteiger partial charge is 0.280 e. The summed E-state index contributed by atoms with van der Waals surface area (Å²) >= 11 is 0. The first kappa shape index (κ1) is 27.0. The van der Waals surface area contributed by atoms with Crippen molar-refractivity contribution in [1.29, 1.82) is 0 Å². The molecule has 0 atom stereocenters. The van der Waals surface area contributed by atoms with Gasteiger partial charge in [0.05, 0.1) is 11.3 Å². The van der Waals surface area contributed by atoms with E-state index in [0.717, 1.165) is 6.26 Å². The maximum atomic E-state index is 13.7. The highest BCUT2D eigenvalue weighted by atomic mass is 32.2. The number of anilines is 1. The average molecular weight is 547 g/mol. The van der Waals surface area contributed by atoms with Gasteiger partial charge >= 0.3 is 0 Å². The molecule has 0 unspecified atom stereocenters. The van der Waals surface area contributed by atoms with Crippen molar-refractivity contribution < 1.29 is 26.3 Å². The third kappa shape index (κ3) is 5.77. The van der Waals surface area contributed by atoms with Gasteiger partial charge in [0.2, 0.25) is 11.8 Å². The lowest BCUT2D eigenvalue weighted by Gasteiger charge is -2.17. The molecule has 0 spiro atoms. The summed E-state index contributed by atoms with van der Waals surface area (Å²) in [6.45, 7) is 5.05. The van der Waals surface area contributed by atoms with Gasteiger partial charge in [0.25, 0.3) is 6.43 Å². The number of imidazole rings is 1.